The lowest BCUT2D eigenvalue weighted by atomic mass is 10.0. The number of hydrogen-bond acceptors (Lipinski definition) is 6. The fourth-order valence-electron chi connectivity index (χ4n) is 4.45. The third kappa shape index (κ3) is 4.61. The molecule has 1 fully saturated rings. The number of methoxy groups -OCH3 is 1. The van der Waals surface area contributed by atoms with Gasteiger partial charge in [0.2, 0.25) is 0 Å². The number of likely N-dealkylation sites (N-methyl/N-ethyl adjacent to an activating group) is 1. The minimum Gasteiger partial charge on any atom is -0.497 e. The number of amides is 1. The summed E-state index contributed by atoms with van der Waals surface area (Å²) in [4.78, 5) is 25.1. The van der Waals surface area contributed by atoms with Crippen LogP contribution in [0.25, 0.3) is 16.9 Å². The first-order chi connectivity index (χ1) is 17.0. The lowest BCUT2D eigenvalue weighted by Crippen LogP contribution is -2.34. The van der Waals surface area contributed by atoms with Crippen LogP contribution in [-0.4, -0.2) is 58.3 Å². The molecule has 35 heavy (non-hydrogen) atoms. The molecule has 8 nitrogen and oxygen atoms in total. The fourth-order valence-corrected chi connectivity index (χ4v) is 4.45. The highest BCUT2D eigenvalue weighted by Crippen LogP contribution is 2.40. The third-order valence-corrected chi connectivity index (χ3v) is 6.50. The van der Waals surface area contributed by atoms with E-state index < -0.39 is 0 Å². The van der Waals surface area contributed by atoms with Gasteiger partial charge < -0.3 is 15.0 Å². The number of benzene rings is 1. The molecule has 0 bridgehead atoms. The molecular weight excluding hydrogens is 440 g/mol. The number of pyridine rings is 2. The number of carbonyl (C=O) groups excluding carboxylic acids is 1. The SMILES string of the molecule is COc1cccc(C(CNC(=O)c2cc(C3CC3)nc3c2c(C)nn3-c2ccccn2)N(C)C)c1. The number of aryl methyl sites for hydroxylation is 1. The van der Waals surface area contributed by atoms with E-state index >= 15 is 0 Å². The maximum Gasteiger partial charge on any atom is 0.252 e. The molecule has 3 aromatic heterocycles. The number of ether oxygens (including phenoxy) is 1. The highest BCUT2D eigenvalue weighted by molar-refractivity contribution is 6.06. The van der Waals surface area contributed by atoms with E-state index in [0.29, 0.717) is 29.5 Å². The van der Waals surface area contributed by atoms with Gasteiger partial charge in [0.25, 0.3) is 5.91 Å². The molecule has 4 aromatic rings. The predicted molar refractivity (Wildman–Crippen MR) is 135 cm³/mol. The predicted octanol–water partition coefficient (Wildman–Crippen LogP) is 4.04. The quantitative estimate of drug-likeness (QED) is 0.418. The van der Waals surface area contributed by atoms with E-state index in [4.69, 9.17) is 14.8 Å². The Morgan fingerprint density at radius 1 is 1.20 bits per heavy atom. The minimum atomic E-state index is -0.127. The largest absolute Gasteiger partial charge is 0.497 e. The maximum absolute atomic E-state index is 13.6. The van der Waals surface area contributed by atoms with Crippen molar-refractivity contribution >= 4 is 16.9 Å². The Balaban J connectivity index is 1.50. The average Bonchev–Trinajstić information content (AvgIpc) is 3.67. The average molecular weight is 471 g/mol. The van der Waals surface area contributed by atoms with Gasteiger partial charge in [-0.15, -0.1) is 0 Å². The Hall–Kier alpha value is -3.78. The van der Waals surface area contributed by atoms with Gasteiger partial charge in [-0.2, -0.15) is 9.78 Å². The molecule has 8 heteroatoms. The topological polar surface area (TPSA) is 85.2 Å². The summed E-state index contributed by atoms with van der Waals surface area (Å²) in [5.74, 6) is 1.74. The van der Waals surface area contributed by atoms with Crippen LogP contribution in [0, 0.1) is 6.92 Å². The Morgan fingerprint density at radius 3 is 2.71 bits per heavy atom. The lowest BCUT2D eigenvalue weighted by molar-refractivity contribution is 0.0943. The number of rotatable bonds is 8. The van der Waals surface area contributed by atoms with E-state index in [1.165, 1.54) is 0 Å². The van der Waals surface area contributed by atoms with Crippen molar-refractivity contribution in [3.63, 3.8) is 0 Å². The summed E-state index contributed by atoms with van der Waals surface area (Å²) in [7, 11) is 5.67. The molecule has 1 aromatic carbocycles. The summed E-state index contributed by atoms with van der Waals surface area (Å²) in [6.45, 7) is 2.37. The van der Waals surface area contributed by atoms with Gasteiger partial charge in [0.15, 0.2) is 11.5 Å². The Bertz CT molecular complexity index is 1360. The van der Waals surface area contributed by atoms with Crippen molar-refractivity contribution in [2.24, 2.45) is 0 Å². The van der Waals surface area contributed by atoms with Gasteiger partial charge in [0, 0.05) is 24.4 Å². The van der Waals surface area contributed by atoms with Crippen molar-refractivity contribution in [3.05, 3.63) is 77.2 Å². The van der Waals surface area contributed by atoms with Crippen LogP contribution in [0.2, 0.25) is 0 Å². The molecule has 1 saturated carbocycles. The van der Waals surface area contributed by atoms with Gasteiger partial charge in [0.1, 0.15) is 5.75 Å². The van der Waals surface area contributed by atoms with E-state index in [1.807, 2.05) is 63.5 Å². The smallest absolute Gasteiger partial charge is 0.252 e. The van der Waals surface area contributed by atoms with Crippen molar-refractivity contribution in [2.45, 2.75) is 31.7 Å². The molecule has 180 valence electrons. The normalized spacial score (nSPS) is 14.3. The molecule has 1 N–H and O–H groups in total. The molecule has 5 rings (SSSR count). The second kappa shape index (κ2) is 9.46. The van der Waals surface area contributed by atoms with Crippen LogP contribution in [0.1, 0.15) is 52.1 Å². The van der Waals surface area contributed by atoms with Crippen LogP contribution in [0.3, 0.4) is 0 Å². The number of nitrogens with one attached hydrogen (secondary N) is 1. The Labute approximate surface area is 205 Å². The van der Waals surface area contributed by atoms with Gasteiger partial charge in [-0.05, 0) is 69.8 Å². The zero-order chi connectivity index (χ0) is 24.5. The van der Waals surface area contributed by atoms with E-state index in [1.54, 1.807) is 18.0 Å². The highest BCUT2D eigenvalue weighted by Gasteiger charge is 2.29. The van der Waals surface area contributed by atoms with Crippen LogP contribution in [0.4, 0.5) is 0 Å². The summed E-state index contributed by atoms with van der Waals surface area (Å²) in [6, 6.07) is 15.6. The third-order valence-electron chi connectivity index (χ3n) is 6.50. The number of nitrogens with zero attached hydrogens (tertiary/aromatic N) is 5. The van der Waals surface area contributed by atoms with E-state index in [-0.39, 0.29) is 11.9 Å². The van der Waals surface area contributed by atoms with Crippen LogP contribution in [0.15, 0.2) is 54.7 Å². The molecule has 1 unspecified atom stereocenters. The Kier molecular flexibility index (Phi) is 6.21. The molecule has 1 aliphatic carbocycles. The molecule has 0 aliphatic heterocycles. The van der Waals surface area contributed by atoms with Crippen LogP contribution in [0.5, 0.6) is 5.75 Å². The summed E-state index contributed by atoms with van der Waals surface area (Å²) in [5, 5.41) is 8.64. The van der Waals surface area contributed by atoms with E-state index in [2.05, 4.69) is 21.3 Å². The first-order valence-corrected chi connectivity index (χ1v) is 11.9. The second-order valence-electron chi connectivity index (χ2n) is 9.22. The monoisotopic (exact) mass is 470 g/mol. The first kappa shape index (κ1) is 23.0. The number of hydrogen-bond donors (Lipinski definition) is 1. The summed E-state index contributed by atoms with van der Waals surface area (Å²) >= 11 is 0. The van der Waals surface area contributed by atoms with Crippen molar-refractivity contribution in [2.75, 3.05) is 27.7 Å². The number of carbonyl (C=O) groups is 1. The first-order valence-electron chi connectivity index (χ1n) is 11.9. The molecule has 3 heterocycles. The standard InChI is InChI=1S/C27H30N6O2/c1-17-25-21(27(34)29-16-23(32(2)3)19-8-7-9-20(14-19)35-4)15-22(18-11-12-18)30-26(25)33(31-17)24-10-5-6-13-28-24/h5-10,13-15,18,23H,11-12,16H2,1-4H3,(H,29,34). The molecular formula is C27H30N6O2. The van der Waals surface area contributed by atoms with Gasteiger partial charge in [-0.3, -0.25) is 4.79 Å². The Morgan fingerprint density at radius 2 is 2.03 bits per heavy atom. The molecule has 1 amide bonds. The van der Waals surface area contributed by atoms with E-state index in [0.717, 1.165) is 40.9 Å². The van der Waals surface area contributed by atoms with Gasteiger partial charge >= 0.3 is 0 Å². The fraction of sp³-hybridized carbons (Fsp3) is 0.333. The van der Waals surface area contributed by atoms with E-state index in [9.17, 15) is 4.79 Å². The van der Waals surface area contributed by atoms with Crippen molar-refractivity contribution < 1.29 is 9.53 Å². The molecule has 1 atom stereocenters. The lowest BCUT2D eigenvalue weighted by Gasteiger charge is -2.25. The zero-order valence-corrected chi connectivity index (χ0v) is 20.5. The molecule has 0 saturated heterocycles. The van der Waals surface area contributed by atoms with Gasteiger partial charge in [-0.1, -0.05) is 18.2 Å². The zero-order valence-electron chi connectivity index (χ0n) is 20.5. The van der Waals surface area contributed by atoms with Crippen LogP contribution >= 0.6 is 0 Å². The maximum atomic E-state index is 13.6. The van der Waals surface area contributed by atoms with Crippen molar-refractivity contribution in [3.8, 4) is 11.6 Å². The van der Waals surface area contributed by atoms with Crippen molar-refractivity contribution in [1.29, 1.82) is 0 Å². The summed E-state index contributed by atoms with van der Waals surface area (Å²) < 4.78 is 7.14. The summed E-state index contributed by atoms with van der Waals surface area (Å²) in [6.07, 6.45) is 3.92. The second-order valence-corrected chi connectivity index (χ2v) is 9.22. The van der Waals surface area contributed by atoms with Crippen LogP contribution in [-0.2, 0) is 0 Å². The highest BCUT2D eigenvalue weighted by atomic mass is 16.5. The molecule has 0 spiro atoms. The van der Waals surface area contributed by atoms with Crippen molar-refractivity contribution in [1.82, 2.24) is 30.0 Å². The van der Waals surface area contributed by atoms with Crippen LogP contribution < -0.4 is 10.1 Å². The molecule has 0 radical (unpaired) electrons. The minimum absolute atomic E-state index is 0.00776. The molecule has 1 aliphatic rings. The number of aromatic nitrogens is 4. The van der Waals surface area contributed by atoms with Gasteiger partial charge in [0.05, 0.1) is 29.8 Å². The van der Waals surface area contributed by atoms with Gasteiger partial charge in [-0.25, -0.2) is 9.97 Å². The summed E-state index contributed by atoms with van der Waals surface area (Å²) in [5.41, 5.74) is 4.05. The number of fused-ring (bicyclic) bond motifs is 1.